The van der Waals surface area contributed by atoms with E-state index >= 15 is 0 Å². The molecule has 2 aromatic carbocycles. The second-order valence-electron chi connectivity index (χ2n) is 6.00. The van der Waals surface area contributed by atoms with Crippen LogP contribution in [-0.2, 0) is 0 Å². The number of nitro benzene ring substituents is 1. The van der Waals surface area contributed by atoms with E-state index in [1.165, 1.54) is 24.3 Å². The van der Waals surface area contributed by atoms with Gasteiger partial charge in [0.05, 0.1) is 4.92 Å². The number of anilines is 2. The fourth-order valence-corrected chi connectivity index (χ4v) is 3.05. The summed E-state index contributed by atoms with van der Waals surface area (Å²) in [6.07, 6.45) is 0. The van der Waals surface area contributed by atoms with Gasteiger partial charge in [0.2, 0.25) is 0 Å². The Kier molecular flexibility index (Phi) is 5.01. The normalized spacial score (nSPS) is 14.2. The summed E-state index contributed by atoms with van der Waals surface area (Å²) < 4.78 is 13.3. The van der Waals surface area contributed by atoms with Gasteiger partial charge in [-0.1, -0.05) is 6.07 Å². The smallest absolute Gasteiger partial charge is 0.292 e. The molecule has 0 saturated carbocycles. The second-order valence-corrected chi connectivity index (χ2v) is 6.00. The van der Waals surface area contributed by atoms with E-state index < -0.39 is 10.7 Å². The lowest BCUT2D eigenvalue weighted by Crippen LogP contribution is -2.48. The van der Waals surface area contributed by atoms with Gasteiger partial charge in [-0.05, 0) is 30.3 Å². The number of piperazine rings is 1. The van der Waals surface area contributed by atoms with Crippen LogP contribution in [0.1, 0.15) is 10.4 Å². The van der Waals surface area contributed by atoms with Gasteiger partial charge in [-0.3, -0.25) is 14.9 Å². The van der Waals surface area contributed by atoms with Crippen molar-refractivity contribution >= 4 is 23.0 Å². The molecule has 1 fully saturated rings. The van der Waals surface area contributed by atoms with Crippen molar-refractivity contribution in [1.29, 1.82) is 0 Å². The quantitative estimate of drug-likeness (QED) is 0.672. The Labute approximate surface area is 150 Å². The molecule has 136 valence electrons. The highest BCUT2D eigenvalue weighted by atomic mass is 19.1. The first kappa shape index (κ1) is 17.7. The molecule has 1 aliphatic heterocycles. The summed E-state index contributed by atoms with van der Waals surface area (Å²) in [7, 11) is 1.64. The lowest BCUT2D eigenvalue weighted by molar-refractivity contribution is -0.383. The fourth-order valence-electron chi connectivity index (χ4n) is 3.05. The van der Waals surface area contributed by atoms with Crippen LogP contribution in [-0.4, -0.2) is 49.0 Å². The maximum Gasteiger partial charge on any atom is 0.292 e. The number of amides is 1. The van der Waals surface area contributed by atoms with E-state index in [0.717, 1.165) is 5.69 Å². The van der Waals surface area contributed by atoms with Crippen LogP contribution in [0.4, 0.5) is 21.5 Å². The third-order valence-corrected chi connectivity index (χ3v) is 4.45. The summed E-state index contributed by atoms with van der Waals surface area (Å²) in [5.74, 6) is -0.622. The maximum atomic E-state index is 13.3. The minimum atomic E-state index is -0.431. The summed E-state index contributed by atoms with van der Waals surface area (Å²) in [5, 5.41) is 13.9. The van der Waals surface area contributed by atoms with E-state index in [0.29, 0.717) is 37.4 Å². The van der Waals surface area contributed by atoms with Crippen LogP contribution < -0.4 is 10.2 Å². The monoisotopic (exact) mass is 358 g/mol. The molecule has 1 amide bonds. The van der Waals surface area contributed by atoms with Crippen LogP contribution >= 0.6 is 0 Å². The van der Waals surface area contributed by atoms with Gasteiger partial charge in [-0.25, -0.2) is 4.39 Å². The van der Waals surface area contributed by atoms with E-state index in [-0.39, 0.29) is 11.6 Å². The van der Waals surface area contributed by atoms with E-state index in [9.17, 15) is 19.3 Å². The van der Waals surface area contributed by atoms with Crippen molar-refractivity contribution < 1.29 is 14.1 Å². The van der Waals surface area contributed by atoms with Crippen LogP contribution in [0.5, 0.6) is 0 Å². The first-order chi connectivity index (χ1) is 12.5. The van der Waals surface area contributed by atoms with Crippen molar-refractivity contribution in [3.63, 3.8) is 0 Å². The first-order valence-corrected chi connectivity index (χ1v) is 8.25. The zero-order valence-electron chi connectivity index (χ0n) is 14.3. The number of carbonyl (C=O) groups excluding carboxylic acids is 1. The van der Waals surface area contributed by atoms with Crippen LogP contribution in [0, 0.1) is 15.9 Å². The molecule has 1 heterocycles. The zero-order valence-corrected chi connectivity index (χ0v) is 14.3. The Hall–Kier alpha value is -3.16. The third-order valence-electron chi connectivity index (χ3n) is 4.45. The largest absolute Gasteiger partial charge is 0.383 e. The van der Waals surface area contributed by atoms with E-state index in [1.807, 2.05) is 0 Å². The van der Waals surface area contributed by atoms with E-state index in [2.05, 4.69) is 10.2 Å². The molecule has 26 heavy (non-hydrogen) atoms. The predicted molar refractivity (Wildman–Crippen MR) is 97.2 cm³/mol. The van der Waals surface area contributed by atoms with Crippen LogP contribution in [0.25, 0.3) is 0 Å². The van der Waals surface area contributed by atoms with Gasteiger partial charge in [-0.2, -0.15) is 0 Å². The second kappa shape index (κ2) is 7.38. The van der Waals surface area contributed by atoms with Gasteiger partial charge in [-0.15, -0.1) is 0 Å². The van der Waals surface area contributed by atoms with Gasteiger partial charge in [0.25, 0.3) is 11.6 Å². The number of hydrogen-bond donors (Lipinski definition) is 1. The minimum Gasteiger partial charge on any atom is -0.383 e. The summed E-state index contributed by atoms with van der Waals surface area (Å²) in [4.78, 5) is 26.8. The van der Waals surface area contributed by atoms with Crippen LogP contribution in [0.15, 0.2) is 42.5 Å². The summed E-state index contributed by atoms with van der Waals surface area (Å²) >= 11 is 0. The molecular weight excluding hydrogens is 339 g/mol. The molecule has 0 radical (unpaired) electrons. The number of hydrogen-bond acceptors (Lipinski definition) is 5. The SMILES string of the molecule is CNc1cc(N2CCN(C(=O)c3cccc(F)c3)CC2)ccc1[N+](=O)[O-]. The Morgan fingerprint density at radius 2 is 1.88 bits per heavy atom. The average Bonchev–Trinajstić information content (AvgIpc) is 2.67. The number of benzene rings is 2. The van der Waals surface area contributed by atoms with E-state index in [4.69, 9.17) is 0 Å². The van der Waals surface area contributed by atoms with Crippen molar-refractivity contribution in [2.45, 2.75) is 0 Å². The summed E-state index contributed by atoms with van der Waals surface area (Å²) in [6, 6.07) is 10.6. The molecule has 8 heteroatoms. The molecule has 3 rings (SSSR count). The third kappa shape index (κ3) is 3.58. The Bertz CT molecular complexity index is 835. The molecule has 0 aromatic heterocycles. The lowest BCUT2D eigenvalue weighted by atomic mass is 10.1. The molecule has 0 unspecified atom stereocenters. The number of carbonyl (C=O) groups is 1. The van der Waals surface area contributed by atoms with Crippen molar-refractivity contribution in [1.82, 2.24) is 4.90 Å². The minimum absolute atomic E-state index is 0.0242. The van der Waals surface area contributed by atoms with Gasteiger partial charge >= 0.3 is 0 Å². The Morgan fingerprint density at radius 3 is 2.50 bits per heavy atom. The number of rotatable bonds is 4. The zero-order chi connectivity index (χ0) is 18.7. The topological polar surface area (TPSA) is 78.7 Å². The molecule has 7 nitrogen and oxygen atoms in total. The highest BCUT2D eigenvalue weighted by Crippen LogP contribution is 2.29. The summed E-state index contributed by atoms with van der Waals surface area (Å²) in [5.41, 5.74) is 1.67. The molecule has 1 saturated heterocycles. The van der Waals surface area contributed by atoms with E-state index in [1.54, 1.807) is 30.1 Å². The molecule has 2 aromatic rings. The maximum absolute atomic E-state index is 13.3. The number of halogens is 1. The molecule has 1 aliphatic rings. The number of nitrogens with one attached hydrogen (secondary N) is 1. The standard InChI is InChI=1S/C18H19FN4O3/c1-20-16-12-15(5-6-17(16)23(25)26)21-7-9-22(10-8-21)18(24)13-3-2-4-14(19)11-13/h2-6,11-12,20H,7-10H2,1H3. The molecule has 1 N–H and O–H groups in total. The average molecular weight is 358 g/mol. The van der Waals surface area contributed by atoms with Gasteiger partial charge < -0.3 is 15.1 Å². The number of nitro groups is 1. The molecule has 0 atom stereocenters. The molecule has 0 aliphatic carbocycles. The lowest BCUT2D eigenvalue weighted by Gasteiger charge is -2.36. The first-order valence-electron chi connectivity index (χ1n) is 8.25. The molecule has 0 bridgehead atoms. The predicted octanol–water partition coefficient (Wildman–Crippen LogP) is 2.74. The Balaban J connectivity index is 1.69. The van der Waals surface area contributed by atoms with Crippen molar-refractivity contribution in [3.05, 3.63) is 64.0 Å². The Morgan fingerprint density at radius 1 is 1.15 bits per heavy atom. The summed E-state index contributed by atoms with van der Waals surface area (Å²) in [6.45, 7) is 2.20. The van der Waals surface area contributed by atoms with Crippen molar-refractivity contribution in [3.8, 4) is 0 Å². The van der Waals surface area contributed by atoms with Crippen LogP contribution in [0.3, 0.4) is 0 Å². The van der Waals surface area contributed by atoms with Gasteiger partial charge in [0, 0.05) is 50.5 Å². The van der Waals surface area contributed by atoms with Crippen LogP contribution in [0.2, 0.25) is 0 Å². The van der Waals surface area contributed by atoms with Gasteiger partial charge in [0.1, 0.15) is 11.5 Å². The van der Waals surface area contributed by atoms with Crippen molar-refractivity contribution in [2.24, 2.45) is 0 Å². The van der Waals surface area contributed by atoms with Crippen molar-refractivity contribution in [2.75, 3.05) is 43.4 Å². The van der Waals surface area contributed by atoms with Gasteiger partial charge in [0.15, 0.2) is 0 Å². The highest BCUT2D eigenvalue weighted by Gasteiger charge is 2.23. The molecule has 0 spiro atoms. The molecular formula is C18H19FN4O3. The number of nitrogens with zero attached hydrogens (tertiary/aromatic N) is 3. The highest BCUT2D eigenvalue weighted by molar-refractivity contribution is 5.94. The fraction of sp³-hybridized carbons (Fsp3) is 0.278.